The van der Waals surface area contributed by atoms with Crippen molar-refractivity contribution in [2.45, 2.75) is 58.8 Å². The molecule has 4 aromatic rings. The Morgan fingerprint density at radius 3 is 2.05 bits per heavy atom. The molecule has 1 aliphatic carbocycles. The summed E-state index contributed by atoms with van der Waals surface area (Å²) in [6.07, 6.45) is 6.57. The van der Waals surface area contributed by atoms with Gasteiger partial charge in [0.1, 0.15) is 6.26 Å². The number of hydrogen-bond acceptors (Lipinski definition) is 6. The van der Waals surface area contributed by atoms with Crippen LogP contribution in [-0.4, -0.2) is 23.2 Å². The fourth-order valence-corrected chi connectivity index (χ4v) is 6.15. The van der Waals surface area contributed by atoms with E-state index in [0.29, 0.717) is 22.3 Å². The Hall–Kier alpha value is -4.58. The zero-order chi connectivity index (χ0) is 29.1. The van der Waals surface area contributed by atoms with E-state index in [1.54, 1.807) is 12.1 Å². The molecule has 6 heteroatoms. The first-order valence-electron chi connectivity index (χ1n) is 14.0. The Morgan fingerprint density at radius 1 is 0.829 bits per heavy atom. The summed E-state index contributed by atoms with van der Waals surface area (Å²) in [4.78, 5) is 43.8. The van der Waals surface area contributed by atoms with Gasteiger partial charge in [0.2, 0.25) is 5.78 Å². The van der Waals surface area contributed by atoms with Crippen LogP contribution in [-0.2, 0) is 15.0 Å². The number of nitrogens with zero attached hydrogens (tertiary/aromatic N) is 1. The molecule has 0 radical (unpaired) electrons. The number of fused-ring (bicyclic) bond motifs is 3. The minimum Gasteiger partial charge on any atom is -0.472 e. The Labute approximate surface area is 240 Å². The third kappa shape index (κ3) is 5.06. The lowest BCUT2D eigenvalue weighted by molar-refractivity contribution is -0.140. The SMILES string of the molecule is CCCC1(CCC)c2cc(C(=O)/C(=N/OC(C)=O)c3ccccc3C)ccc2-c2ccc(C(=O)c3ccoc3)cc21. The van der Waals surface area contributed by atoms with Gasteiger partial charge < -0.3 is 9.25 Å². The molecule has 0 spiro atoms. The van der Waals surface area contributed by atoms with Crippen molar-refractivity contribution in [2.24, 2.45) is 5.16 Å². The molecule has 0 fully saturated rings. The maximum atomic E-state index is 14.0. The zero-order valence-electron chi connectivity index (χ0n) is 23.8. The number of rotatable bonds is 10. The molecule has 208 valence electrons. The van der Waals surface area contributed by atoms with Gasteiger partial charge in [-0.1, -0.05) is 80.4 Å². The molecule has 1 aromatic heterocycles. The molecular formula is C35H33NO5. The lowest BCUT2D eigenvalue weighted by Gasteiger charge is -2.32. The van der Waals surface area contributed by atoms with Crippen LogP contribution < -0.4 is 0 Å². The fraction of sp³-hybridized carbons (Fsp3) is 0.257. The Morgan fingerprint density at radius 2 is 1.46 bits per heavy atom. The average Bonchev–Trinajstić information content (AvgIpc) is 3.60. The lowest BCUT2D eigenvalue weighted by atomic mass is 9.71. The van der Waals surface area contributed by atoms with Gasteiger partial charge in [-0.25, -0.2) is 4.79 Å². The van der Waals surface area contributed by atoms with Gasteiger partial charge in [-0.15, -0.1) is 0 Å². The molecule has 5 rings (SSSR count). The molecule has 0 atom stereocenters. The standard InChI is InChI=1S/C35H33NO5/c1-5-16-35(17-6-2)30-19-24(33(38)26-15-18-40-21-26)11-13-28(30)29-14-12-25(20-31(29)35)34(39)32(36-41-23(4)37)27-10-8-7-9-22(27)3/h7-15,18-21H,5-6,16-17H2,1-4H3/b36-32+. The van der Waals surface area contributed by atoms with E-state index >= 15 is 0 Å². The van der Waals surface area contributed by atoms with Crippen LogP contribution in [0.15, 0.2) is 88.8 Å². The molecule has 1 heterocycles. The highest BCUT2D eigenvalue weighted by atomic mass is 16.7. The predicted octanol–water partition coefficient (Wildman–Crippen LogP) is 7.84. The second kappa shape index (κ2) is 11.5. The first-order valence-corrected chi connectivity index (χ1v) is 14.0. The number of aryl methyl sites for hydroxylation is 1. The summed E-state index contributed by atoms with van der Waals surface area (Å²) in [6.45, 7) is 7.46. The molecule has 0 amide bonds. The number of carbonyl (C=O) groups excluding carboxylic acids is 3. The first-order chi connectivity index (χ1) is 19.8. The topological polar surface area (TPSA) is 85.9 Å². The highest BCUT2D eigenvalue weighted by Crippen LogP contribution is 2.54. The smallest absolute Gasteiger partial charge is 0.332 e. The monoisotopic (exact) mass is 547 g/mol. The van der Waals surface area contributed by atoms with Crippen molar-refractivity contribution in [2.75, 3.05) is 0 Å². The first kappa shape index (κ1) is 28.0. The van der Waals surface area contributed by atoms with Gasteiger partial charge in [0, 0.05) is 29.0 Å². The number of Topliss-reactive ketones (excluding diaryl/α,β-unsaturated/α-hetero) is 1. The minimum atomic E-state index is -0.598. The van der Waals surface area contributed by atoms with Crippen molar-refractivity contribution >= 4 is 23.2 Å². The predicted molar refractivity (Wildman–Crippen MR) is 158 cm³/mol. The van der Waals surface area contributed by atoms with Crippen molar-refractivity contribution < 1.29 is 23.6 Å². The molecule has 6 nitrogen and oxygen atoms in total. The van der Waals surface area contributed by atoms with Crippen LogP contribution in [0.1, 0.15) is 95.0 Å². The van der Waals surface area contributed by atoms with Crippen molar-refractivity contribution in [3.63, 3.8) is 0 Å². The maximum absolute atomic E-state index is 14.0. The van der Waals surface area contributed by atoms with E-state index in [2.05, 4.69) is 19.0 Å². The number of furan rings is 1. The Balaban J connectivity index is 1.64. The second-order valence-electron chi connectivity index (χ2n) is 10.6. The summed E-state index contributed by atoms with van der Waals surface area (Å²) in [6, 6.07) is 20.8. The van der Waals surface area contributed by atoms with Crippen molar-refractivity contribution in [3.8, 4) is 11.1 Å². The summed E-state index contributed by atoms with van der Waals surface area (Å²) in [5.41, 5.74) is 7.12. The summed E-state index contributed by atoms with van der Waals surface area (Å²) in [5, 5.41) is 4.00. The third-order valence-electron chi connectivity index (χ3n) is 7.90. The maximum Gasteiger partial charge on any atom is 0.332 e. The second-order valence-corrected chi connectivity index (χ2v) is 10.6. The van der Waals surface area contributed by atoms with E-state index in [0.717, 1.165) is 53.5 Å². The zero-order valence-corrected chi connectivity index (χ0v) is 23.8. The molecule has 41 heavy (non-hydrogen) atoms. The largest absolute Gasteiger partial charge is 0.472 e. The van der Waals surface area contributed by atoms with E-state index in [4.69, 9.17) is 9.25 Å². The highest BCUT2D eigenvalue weighted by Gasteiger charge is 2.42. The van der Waals surface area contributed by atoms with Crippen molar-refractivity contribution in [3.05, 3.63) is 118 Å². The molecule has 0 aliphatic heterocycles. The van der Waals surface area contributed by atoms with Gasteiger partial charge in [0.05, 0.1) is 11.8 Å². The normalized spacial score (nSPS) is 13.4. The third-order valence-corrected chi connectivity index (χ3v) is 7.90. The van der Waals surface area contributed by atoms with Crippen LogP contribution in [0.3, 0.4) is 0 Å². The summed E-state index contributed by atoms with van der Waals surface area (Å²) in [7, 11) is 0. The quantitative estimate of drug-likeness (QED) is 0.0874. The number of ketones is 2. The minimum absolute atomic E-state index is 0.0818. The van der Waals surface area contributed by atoms with E-state index < -0.39 is 5.97 Å². The van der Waals surface area contributed by atoms with Gasteiger partial charge in [0.25, 0.3) is 0 Å². The Bertz CT molecular complexity index is 1660. The molecular weight excluding hydrogens is 514 g/mol. The average molecular weight is 548 g/mol. The van der Waals surface area contributed by atoms with Gasteiger partial charge in [-0.2, -0.15) is 0 Å². The summed E-state index contributed by atoms with van der Waals surface area (Å²) >= 11 is 0. The van der Waals surface area contributed by atoms with Gasteiger partial charge >= 0.3 is 5.97 Å². The van der Waals surface area contributed by atoms with E-state index in [9.17, 15) is 14.4 Å². The molecule has 0 saturated heterocycles. The molecule has 0 N–H and O–H groups in total. The molecule has 0 unspecified atom stereocenters. The van der Waals surface area contributed by atoms with Crippen LogP contribution in [0, 0.1) is 6.92 Å². The van der Waals surface area contributed by atoms with Gasteiger partial charge in [0.15, 0.2) is 11.5 Å². The molecule has 3 aromatic carbocycles. The van der Waals surface area contributed by atoms with Crippen LogP contribution in [0.5, 0.6) is 0 Å². The highest BCUT2D eigenvalue weighted by molar-refractivity contribution is 6.51. The fourth-order valence-electron chi connectivity index (χ4n) is 6.15. The summed E-state index contributed by atoms with van der Waals surface area (Å²) in [5.74, 6) is -1.00. The van der Waals surface area contributed by atoms with E-state index in [1.165, 1.54) is 19.5 Å². The van der Waals surface area contributed by atoms with E-state index in [-0.39, 0.29) is 22.7 Å². The number of oxime groups is 1. The number of carbonyl (C=O) groups is 3. The number of hydrogen-bond donors (Lipinski definition) is 0. The van der Waals surface area contributed by atoms with Crippen LogP contribution in [0.25, 0.3) is 11.1 Å². The molecule has 1 aliphatic rings. The number of benzene rings is 3. The van der Waals surface area contributed by atoms with Crippen molar-refractivity contribution in [1.82, 2.24) is 0 Å². The van der Waals surface area contributed by atoms with E-state index in [1.807, 2.05) is 61.5 Å². The van der Waals surface area contributed by atoms with Crippen LogP contribution in [0.2, 0.25) is 0 Å². The Kier molecular flexibility index (Phi) is 7.84. The van der Waals surface area contributed by atoms with Gasteiger partial charge in [-0.3, -0.25) is 9.59 Å². The molecule has 0 bridgehead atoms. The van der Waals surface area contributed by atoms with Crippen molar-refractivity contribution in [1.29, 1.82) is 0 Å². The summed E-state index contributed by atoms with van der Waals surface area (Å²) < 4.78 is 5.15. The van der Waals surface area contributed by atoms with Crippen LogP contribution >= 0.6 is 0 Å². The van der Waals surface area contributed by atoms with Crippen LogP contribution in [0.4, 0.5) is 0 Å². The van der Waals surface area contributed by atoms with Gasteiger partial charge in [-0.05, 0) is 65.8 Å². The lowest BCUT2D eigenvalue weighted by Crippen LogP contribution is -2.26. The molecule has 0 saturated carbocycles.